The second kappa shape index (κ2) is 5.75. The Kier molecular flexibility index (Phi) is 3.36. The monoisotopic (exact) mass is 399 g/mol. The van der Waals surface area contributed by atoms with Gasteiger partial charge in [0, 0.05) is 11.8 Å². The highest BCUT2D eigenvalue weighted by atomic mass is 16.2. The maximum Gasteiger partial charge on any atom is 0.238 e. The third kappa shape index (κ3) is 2.11. The van der Waals surface area contributed by atoms with Crippen molar-refractivity contribution in [3.8, 4) is 0 Å². The summed E-state index contributed by atoms with van der Waals surface area (Å²) < 4.78 is 0. The molecule has 0 spiro atoms. The standard InChI is InChI=1S/C27H29NO2/c1-13-5-14(2)7-19(6-13)28-26(29)24-20-3-4-21(25(24)27(28)30)23(20)22-17-9-15-8-16(11-17)12-18(22)10-15/h3-7,15-18,20-21,24-25H,8-12H2,1-2H3. The summed E-state index contributed by atoms with van der Waals surface area (Å²) in [6.07, 6.45) is 11.4. The quantitative estimate of drug-likeness (QED) is 0.493. The zero-order valence-corrected chi connectivity index (χ0v) is 17.8. The van der Waals surface area contributed by atoms with Crippen LogP contribution in [0.25, 0.3) is 0 Å². The lowest BCUT2D eigenvalue weighted by molar-refractivity contribution is -0.122. The first-order valence-corrected chi connectivity index (χ1v) is 11.9. The van der Waals surface area contributed by atoms with Gasteiger partial charge in [0.25, 0.3) is 0 Å². The van der Waals surface area contributed by atoms with Crippen LogP contribution in [0.15, 0.2) is 41.5 Å². The molecule has 154 valence electrons. The van der Waals surface area contributed by atoms with E-state index in [0.717, 1.165) is 40.5 Å². The van der Waals surface area contributed by atoms with Crippen molar-refractivity contribution in [3.05, 3.63) is 52.6 Å². The van der Waals surface area contributed by atoms with Gasteiger partial charge < -0.3 is 0 Å². The van der Waals surface area contributed by atoms with Crippen LogP contribution in [0.2, 0.25) is 0 Å². The molecule has 1 aromatic carbocycles. The summed E-state index contributed by atoms with van der Waals surface area (Å²) in [7, 11) is 0. The van der Waals surface area contributed by atoms with Gasteiger partial charge in [-0.05, 0) is 92.9 Å². The number of anilines is 1. The molecule has 4 unspecified atom stereocenters. The largest absolute Gasteiger partial charge is 0.274 e. The molecule has 6 bridgehead atoms. The maximum atomic E-state index is 13.6. The van der Waals surface area contributed by atoms with Gasteiger partial charge in [-0.2, -0.15) is 0 Å². The van der Waals surface area contributed by atoms with Gasteiger partial charge >= 0.3 is 0 Å². The Morgan fingerprint density at radius 2 is 1.20 bits per heavy atom. The SMILES string of the molecule is Cc1cc(C)cc(N2C(=O)C3C4C=CC(C4=C4C5CC6CC(C5)CC4C6)C3C2=O)c1. The van der Waals surface area contributed by atoms with Crippen molar-refractivity contribution in [1.82, 2.24) is 0 Å². The van der Waals surface area contributed by atoms with E-state index in [-0.39, 0.29) is 35.5 Å². The average molecular weight is 400 g/mol. The summed E-state index contributed by atoms with van der Waals surface area (Å²) in [5.74, 6) is 3.41. The predicted molar refractivity (Wildman–Crippen MR) is 116 cm³/mol. The first-order chi connectivity index (χ1) is 14.5. The molecule has 1 heterocycles. The molecule has 3 heteroatoms. The van der Waals surface area contributed by atoms with E-state index in [1.165, 1.54) is 42.6 Å². The summed E-state index contributed by atoms with van der Waals surface area (Å²) in [6, 6.07) is 6.06. The Morgan fingerprint density at radius 3 is 1.70 bits per heavy atom. The molecule has 4 atom stereocenters. The van der Waals surface area contributed by atoms with Gasteiger partial charge in [-0.1, -0.05) is 29.4 Å². The molecular formula is C27H29NO2. The fraction of sp³-hybridized carbons (Fsp3) is 0.556. The smallest absolute Gasteiger partial charge is 0.238 e. The number of carbonyl (C=O) groups excluding carboxylic acids is 2. The van der Waals surface area contributed by atoms with E-state index in [2.05, 4.69) is 18.2 Å². The van der Waals surface area contributed by atoms with Crippen LogP contribution in [-0.4, -0.2) is 11.8 Å². The van der Waals surface area contributed by atoms with Crippen molar-refractivity contribution in [3.63, 3.8) is 0 Å². The zero-order chi connectivity index (χ0) is 20.3. The summed E-state index contributed by atoms with van der Waals surface area (Å²) in [5, 5.41) is 0. The molecule has 3 nitrogen and oxygen atoms in total. The summed E-state index contributed by atoms with van der Waals surface area (Å²) >= 11 is 0. The van der Waals surface area contributed by atoms with Crippen molar-refractivity contribution in [2.24, 2.45) is 47.3 Å². The van der Waals surface area contributed by atoms with Gasteiger partial charge in [0.1, 0.15) is 0 Å². The highest BCUT2D eigenvalue weighted by Crippen LogP contribution is 2.63. The van der Waals surface area contributed by atoms with E-state index < -0.39 is 0 Å². The molecule has 5 saturated carbocycles. The molecule has 2 amide bonds. The number of nitrogens with zero attached hydrogens (tertiary/aromatic N) is 1. The summed E-state index contributed by atoms with van der Waals surface area (Å²) in [4.78, 5) is 28.7. The number of rotatable bonds is 1. The van der Waals surface area contributed by atoms with Gasteiger partial charge in [-0.15, -0.1) is 0 Å². The average Bonchev–Trinajstić information content (AvgIpc) is 3.30. The van der Waals surface area contributed by atoms with Gasteiger partial charge in [-0.25, -0.2) is 4.90 Å². The zero-order valence-electron chi connectivity index (χ0n) is 17.8. The lowest BCUT2D eigenvalue weighted by atomic mass is 9.53. The highest BCUT2D eigenvalue weighted by molar-refractivity contribution is 6.23. The minimum absolute atomic E-state index is 0.0359. The van der Waals surface area contributed by atoms with E-state index >= 15 is 0 Å². The van der Waals surface area contributed by atoms with E-state index in [1.807, 2.05) is 26.0 Å². The number of hydrogen-bond acceptors (Lipinski definition) is 2. The van der Waals surface area contributed by atoms with Gasteiger partial charge in [0.15, 0.2) is 0 Å². The van der Waals surface area contributed by atoms with Crippen LogP contribution in [0.5, 0.6) is 0 Å². The Balaban J connectivity index is 1.29. The molecule has 1 aromatic rings. The van der Waals surface area contributed by atoms with Gasteiger partial charge in [0.2, 0.25) is 11.8 Å². The number of benzene rings is 1. The highest BCUT2D eigenvalue weighted by Gasteiger charge is 2.63. The molecule has 0 N–H and O–H groups in total. The third-order valence-corrected chi connectivity index (χ3v) is 9.23. The van der Waals surface area contributed by atoms with Crippen molar-refractivity contribution in [2.45, 2.75) is 46.0 Å². The van der Waals surface area contributed by atoms with Gasteiger partial charge in [-0.3, -0.25) is 9.59 Å². The Morgan fingerprint density at radius 1 is 0.700 bits per heavy atom. The van der Waals surface area contributed by atoms with E-state index in [9.17, 15) is 9.59 Å². The minimum Gasteiger partial charge on any atom is -0.274 e. The number of allylic oxidation sites excluding steroid dienone is 4. The number of amides is 2. The second-order valence-electron chi connectivity index (χ2n) is 11.1. The van der Waals surface area contributed by atoms with E-state index in [0.29, 0.717) is 0 Å². The van der Waals surface area contributed by atoms with Crippen LogP contribution in [0, 0.1) is 61.2 Å². The molecule has 6 aliphatic carbocycles. The Bertz CT molecular complexity index is 978. The fourth-order valence-corrected chi connectivity index (χ4v) is 8.65. The predicted octanol–water partition coefficient (Wildman–Crippen LogP) is 4.98. The number of fused-ring (bicyclic) bond motifs is 5. The number of hydrogen-bond donors (Lipinski definition) is 0. The van der Waals surface area contributed by atoms with Gasteiger partial charge in [0.05, 0.1) is 17.5 Å². The molecule has 8 rings (SSSR count). The molecule has 1 aliphatic heterocycles. The second-order valence-corrected chi connectivity index (χ2v) is 11.1. The van der Waals surface area contributed by atoms with Crippen LogP contribution < -0.4 is 4.90 Å². The molecule has 7 aliphatic rings. The molecule has 1 saturated heterocycles. The van der Waals surface area contributed by atoms with Crippen LogP contribution >= 0.6 is 0 Å². The Hall–Kier alpha value is -2.16. The molecule has 0 aromatic heterocycles. The lowest BCUT2D eigenvalue weighted by Gasteiger charge is -2.52. The summed E-state index contributed by atoms with van der Waals surface area (Å²) in [5.41, 5.74) is 6.18. The van der Waals surface area contributed by atoms with Crippen molar-refractivity contribution >= 4 is 17.5 Å². The Labute approximate surface area is 178 Å². The van der Waals surface area contributed by atoms with E-state index in [1.54, 1.807) is 5.57 Å². The van der Waals surface area contributed by atoms with Crippen molar-refractivity contribution in [1.29, 1.82) is 0 Å². The lowest BCUT2D eigenvalue weighted by Crippen LogP contribution is -2.41. The normalized spacial score (nSPS) is 42.8. The number of aryl methyl sites for hydroxylation is 2. The van der Waals surface area contributed by atoms with Crippen LogP contribution in [0.3, 0.4) is 0 Å². The first kappa shape index (κ1) is 17.5. The molecule has 0 radical (unpaired) electrons. The van der Waals surface area contributed by atoms with Crippen LogP contribution in [0.1, 0.15) is 43.2 Å². The van der Waals surface area contributed by atoms with E-state index in [4.69, 9.17) is 0 Å². The first-order valence-electron chi connectivity index (χ1n) is 11.9. The number of carbonyl (C=O) groups is 2. The topological polar surface area (TPSA) is 37.4 Å². The molecule has 30 heavy (non-hydrogen) atoms. The van der Waals surface area contributed by atoms with Crippen LogP contribution in [-0.2, 0) is 9.59 Å². The summed E-state index contributed by atoms with van der Waals surface area (Å²) in [6.45, 7) is 4.06. The molecule has 6 fully saturated rings. The minimum atomic E-state index is -0.173. The maximum absolute atomic E-state index is 13.6. The third-order valence-electron chi connectivity index (χ3n) is 9.23. The molecular weight excluding hydrogens is 370 g/mol. The van der Waals surface area contributed by atoms with Crippen molar-refractivity contribution in [2.75, 3.05) is 4.90 Å². The van der Waals surface area contributed by atoms with Crippen LogP contribution in [0.4, 0.5) is 5.69 Å². The van der Waals surface area contributed by atoms with Crippen molar-refractivity contribution < 1.29 is 9.59 Å². The number of imide groups is 1. The fourth-order valence-electron chi connectivity index (χ4n) is 8.65.